The summed E-state index contributed by atoms with van der Waals surface area (Å²) in [6, 6.07) is 4.35. The summed E-state index contributed by atoms with van der Waals surface area (Å²) in [5.74, 6) is -6.27. The van der Waals surface area contributed by atoms with E-state index in [2.05, 4.69) is 0 Å². The van der Waals surface area contributed by atoms with E-state index in [-0.39, 0.29) is 11.3 Å². The molecule has 1 aromatic carbocycles. The minimum Gasteiger partial charge on any atom is -0.481 e. The van der Waals surface area contributed by atoms with Gasteiger partial charge in [-0.05, 0) is 12.1 Å². The van der Waals surface area contributed by atoms with Crippen LogP contribution in [0.3, 0.4) is 0 Å². The smallest absolute Gasteiger partial charge is 0.394 e. The fourth-order valence-electron chi connectivity index (χ4n) is 2.46. The van der Waals surface area contributed by atoms with Crippen LogP contribution in [-0.4, -0.2) is 46.1 Å². The van der Waals surface area contributed by atoms with Gasteiger partial charge in [0.2, 0.25) is 0 Å². The number of nitrogens with zero attached hydrogens (tertiary/aromatic N) is 2. The first-order valence-corrected chi connectivity index (χ1v) is 6.44. The Morgan fingerprint density at radius 3 is 2.17 bits per heavy atom. The SMILES string of the molecule is O=C(O)[C@@H]1CN(C(=O)c2ccc([N+](=O)[O-])cc2)C[C@H]1C(F)(F)F. The van der Waals surface area contributed by atoms with Gasteiger partial charge in [-0.3, -0.25) is 19.7 Å². The Bertz CT molecular complexity index is 644. The van der Waals surface area contributed by atoms with Crippen LogP contribution in [0.4, 0.5) is 18.9 Å². The van der Waals surface area contributed by atoms with E-state index in [1.165, 1.54) is 0 Å². The molecule has 0 aliphatic carbocycles. The van der Waals surface area contributed by atoms with Crippen molar-refractivity contribution in [2.45, 2.75) is 6.18 Å². The van der Waals surface area contributed by atoms with E-state index in [9.17, 15) is 32.9 Å². The number of nitro benzene ring substituents is 1. The largest absolute Gasteiger partial charge is 0.481 e. The topological polar surface area (TPSA) is 101 Å². The van der Waals surface area contributed by atoms with Crippen molar-refractivity contribution in [1.82, 2.24) is 4.90 Å². The lowest BCUT2D eigenvalue weighted by atomic mass is 9.96. The summed E-state index contributed by atoms with van der Waals surface area (Å²) < 4.78 is 38.6. The van der Waals surface area contributed by atoms with Gasteiger partial charge in [0.25, 0.3) is 11.6 Å². The number of halogens is 3. The predicted octanol–water partition coefficient (Wildman–Crippen LogP) is 1.93. The van der Waals surface area contributed by atoms with Gasteiger partial charge in [0.1, 0.15) is 0 Å². The summed E-state index contributed by atoms with van der Waals surface area (Å²) in [7, 11) is 0. The Labute approximate surface area is 127 Å². The van der Waals surface area contributed by atoms with Gasteiger partial charge in [-0.25, -0.2) is 0 Å². The standard InChI is InChI=1S/C13H11F3N2O5/c14-13(15,16)10-6-17(5-9(10)12(20)21)11(19)7-1-3-8(4-2-7)18(22)23/h1-4,9-10H,5-6H2,(H,20,21)/t9-,10-/m1/s1. The highest BCUT2D eigenvalue weighted by Gasteiger charge is 2.53. The van der Waals surface area contributed by atoms with Crippen molar-refractivity contribution in [3.63, 3.8) is 0 Å². The van der Waals surface area contributed by atoms with E-state index < -0.39 is 47.9 Å². The third-order valence-corrected chi connectivity index (χ3v) is 3.67. The molecule has 0 radical (unpaired) electrons. The van der Waals surface area contributed by atoms with Crippen LogP contribution < -0.4 is 0 Å². The van der Waals surface area contributed by atoms with Crippen LogP contribution in [0.5, 0.6) is 0 Å². The fraction of sp³-hybridized carbons (Fsp3) is 0.385. The minimum absolute atomic E-state index is 0.0393. The Hall–Kier alpha value is -2.65. The molecule has 1 aliphatic heterocycles. The van der Waals surface area contributed by atoms with E-state index >= 15 is 0 Å². The van der Waals surface area contributed by atoms with Gasteiger partial charge in [0.05, 0.1) is 16.8 Å². The number of alkyl halides is 3. The Morgan fingerprint density at radius 2 is 1.78 bits per heavy atom. The number of non-ortho nitro benzene ring substituents is 1. The Morgan fingerprint density at radius 1 is 1.22 bits per heavy atom. The first kappa shape index (κ1) is 16.7. The van der Waals surface area contributed by atoms with Crippen LogP contribution in [0, 0.1) is 22.0 Å². The molecule has 1 N–H and O–H groups in total. The second-order valence-corrected chi connectivity index (χ2v) is 5.11. The number of nitro groups is 1. The highest BCUT2D eigenvalue weighted by atomic mass is 19.4. The van der Waals surface area contributed by atoms with Gasteiger partial charge in [0.15, 0.2) is 0 Å². The predicted molar refractivity (Wildman–Crippen MR) is 69.7 cm³/mol. The van der Waals surface area contributed by atoms with Gasteiger partial charge >= 0.3 is 12.1 Å². The molecule has 0 bridgehead atoms. The molecule has 1 fully saturated rings. The number of aliphatic carboxylic acids is 1. The second kappa shape index (κ2) is 5.86. The summed E-state index contributed by atoms with van der Waals surface area (Å²) in [5, 5.41) is 19.4. The lowest BCUT2D eigenvalue weighted by Crippen LogP contribution is -2.34. The minimum atomic E-state index is -4.73. The molecule has 23 heavy (non-hydrogen) atoms. The number of carbonyl (C=O) groups is 2. The van der Waals surface area contributed by atoms with Crippen LogP contribution in [0.25, 0.3) is 0 Å². The van der Waals surface area contributed by atoms with Crippen molar-refractivity contribution in [3.05, 3.63) is 39.9 Å². The normalized spacial score (nSPS) is 21.3. The Kier molecular flexibility index (Phi) is 4.26. The number of hydrogen-bond donors (Lipinski definition) is 1. The number of benzene rings is 1. The summed E-state index contributed by atoms with van der Waals surface area (Å²) in [4.78, 5) is 33.8. The average Bonchev–Trinajstić information content (AvgIpc) is 2.92. The van der Waals surface area contributed by atoms with Crippen molar-refractivity contribution >= 4 is 17.6 Å². The van der Waals surface area contributed by atoms with Gasteiger partial charge in [-0.1, -0.05) is 0 Å². The monoisotopic (exact) mass is 332 g/mol. The maximum atomic E-state index is 12.9. The number of likely N-dealkylation sites (tertiary alicyclic amines) is 1. The molecule has 2 rings (SSSR count). The molecule has 124 valence electrons. The third kappa shape index (κ3) is 3.41. The van der Waals surface area contributed by atoms with Crippen LogP contribution in [0.1, 0.15) is 10.4 Å². The molecule has 1 aliphatic rings. The number of carbonyl (C=O) groups excluding carboxylic acids is 1. The van der Waals surface area contributed by atoms with Crippen molar-refractivity contribution < 1.29 is 32.8 Å². The number of rotatable bonds is 3. The van der Waals surface area contributed by atoms with Gasteiger partial charge in [-0.15, -0.1) is 0 Å². The lowest BCUT2D eigenvalue weighted by molar-refractivity contribution is -0.384. The molecule has 2 atom stereocenters. The lowest BCUT2D eigenvalue weighted by Gasteiger charge is -2.18. The van der Waals surface area contributed by atoms with E-state index in [0.29, 0.717) is 0 Å². The van der Waals surface area contributed by atoms with Gasteiger partial charge in [-0.2, -0.15) is 13.2 Å². The number of amides is 1. The average molecular weight is 332 g/mol. The van der Waals surface area contributed by atoms with Crippen molar-refractivity contribution in [1.29, 1.82) is 0 Å². The maximum absolute atomic E-state index is 12.9. The molecular formula is C13H11F3N2O5. The first-order valence-electron chi connectivity index (χ1n) is 6.44. The van der Waals surface area contributed by atoms with Crippen LogP contribution in [0.2, 0.25) is 0 Å². The summed E-state index contributed by atoms with van der Waals surface area (Å²) >= 11 is 0. The quantitative estimate of drug-likeness (QED) is 0.673. The van der Waals surface area contributed by atoms with E-state index in [0.717, 1.165) is 29.2 Å². The van der Waals surface area contributed by atoms with E-state index in [1.54, 1.807) is 0 Å². The molecule has 0 aromatic heterocycles. The first-order chi connectivity index (χ1) is 10.6. The highest BCUT2D eigenvalue weighted by molar-refractivity contribution is 5.95. The molecule has 0 unspecified atom stereocenters. The highest BCUT2D eigenvalue weighted by Crippen LogP contribution is 2.38. The van der Waals surface area contributed by atoms with Gasteiger partial charge < -0.3 is 10.0 Å². The summed E-state index contributed by atoms with van der Waals surface area (Å²) in [6.45, 7) is -1.31. The van der Waals surface area contributed by atoms with E-state index in [1.807, 2.05) is 0 Å². The Balaban J connectivity index is 2.20. The second-order valence-electron chi connectivity index (χ2n) is 5.11. The van der Waals surface area contributed by atoms with Crippen molar-refractivity contribution in [3.8, 4) is 0 Å². The van der Waals surface area contributed by atoms with Crippen molar-refractivity contribution in [2.24, 2.45) is 11.8 Å². The third-order valence-electron chi connectivity index (χ3n) is 3.67. The summed E-state index contributed by atoms with van der Waals surface area (Å²) in [6.07, 6.45) is -4.73. The molecule has 10 heteroatoms. The zero-order chi connectivity index (χ0) is 17.4. The molecule has 1 aromatic rings. The summed E-state index contributed by atoms with van der Waals surface area (Å²) in [5.41, 5.74) is -0.304. The molecule has 0 saturated carbocycles. The molecule has 7 nitrogen and oxygen atoms in total. The molecule has 1 heterocycles. The molecule has 0 spiro atoms. The number of hydrogen-bond acceptors (Lipinski definition) is 4. The van der Waals surface area contributed by atoms with Crippen LogP contribution in [-0.2, 0) is 4.79 Å². The van der Waals surface area contributed by atoms with Gasteiger partial charge in [0, 0.05) is 30.8 Å². The zero-order valence-electron chi connectivity index (χ0n) is 11.5. The number of carboxylic acids is 1. The molecular weight excluding hydrogens is 321 g/mol. The molecule has 1 amide bonds. The molecule has 1 saturated heterocycles. The van der Waals surface area contributed by atoms with E-state index in [4.69, 9.17) is 5.11 Å². The van der Waals surface area contributed by atoms with Crippen molar-refractivity contribution in [2.75, 3.05) is 13.1 Å². The number of carboxylic acid groups (broad SMARTS) is 1. The van der Waals surface area contributed by atoms with Crippen LogP contribution in [0.15, 0.2) is 24.3 Å². The maximum Gasteiger partial charge on any atom is 0.394 e. The zero-order valence-corrected chi connectivity index (χ0v) is 11.5. The van der Waals surface area contributed by atoms with Crippen LogP contribution >= 0.6 is 0 Å². The fourth-order valence-corrected chi connectivity index (χ4v) is 2.46.